The van der Waals surface area contributed by atoms with Crippen LogP contribution in [0.3, 0.4) is 0 Å². The molecule has 4 aromatic rings. The van der Waals surface area contributed by atoms with E-state index in [1.165, 1.54) is 12.1 Å². The summed E-state index contributed by atoms with van der Waals surface area (Å²) in [6.07, 6.45) is -0.445. The van der Waals surface area contributed by atoms with E-state index in [1.54, 1.807) is 11.0 Å². The average Bonchev–Trinajstić information content (AvgIpc) is 3.34. The van der Waals surface area contributed by atoms with E-state index in [9.17, 15) is 14.9 Å². The van der Waals surface area contributed by atoms with Crippen LogP contribution >= 0.6 is 0 Å². The first-order chi connectivity index (χ1) is 15.0. The van der Waals surface area contributed by atoms with E-state index < -0.39 is 11.0 Å². The molecule has 3 aromatic carbocycles. The number of nitrogens with zero attached hydrogens (tertiary/aromatic N) is 3. The second-order valence-corrected chi connectivity index (χ2v) is 7.55. The number of aromatic nitrogens is 1. The molecule has 1 amide bonds. The van der Waals surface area contributed by atoms with Gasteiger partial charge in [0.1, 0.15) is 18.5 Å². The molecule has 0 unspecified atom stereocenters. The lowest BCUT2D eigenvalue weighted by Gasteiger charge is -2.23. The normalized spacial score (nSPS) is 16.0. The van der Waals surface area contributed by atoms with Gasteiger partial charge in [-0.2, -0.15) is 0 Å². The van der Waals surface area contributed by atoms with Crippen molar-refractivity contribution < 1.29 is 14.5 Å². The molecule has 0 radical (unpaired) electrons. The van der Waals surface area contributed by atoms with Crippen LogP contribution in [0.15, 0.2) is 78.9 Å². The summed E-state index contributed by atoms with van der Waals surface area (Å²) in [6.45, 7) is 2.24. The van der Waals surface area contributed by atoms with Gasteiger partial charge in [-0.15, -0.1) is 0 Å². The van der Waals surface area contributed by atoms with Gasteiger partial charge < -0.3 is 4.74 Å². The van der Waals surface area contributed by atoms with Crippen LogP contribution in [0.1, 0.15) is 17.2 Å². The van der Waals surface area contributed by atoms with Crippen LogP contribution in [0.5, 0.6) is 0 Å². The molecule has 1 aromatic heterocycles. The minimum absolute atomic E-state index is 0.00344. The minimum Gasteiger partial charge on any atom is -0.447 e. The number of fused-ring (bicyclic) bond motifs is 1. The molecule has 1 atom stereocenters. The third-order valence-corrected chi connectivity index (χ3v) is 5.57. The van der Waals surface area contributed by atoms with Gasteiger partial charge >= 0.3 is 6.09 Å². The van der Waals surface area contributed by atoms with E-state index in [-0.39, 0.29) is 18.3 Å². The molecule has 31 heavy (non-hydrogen) atoms. The van der Waals surface area contributed by atoms with E-state index in [0.29, 0.717) is 11.2 Å². The van der Waals surface area contributed by atoms with Crippen molar-refractivity contribution in [3.8, 4) is 5.69 Å². The van der Waals surface area contributed by atoms with Crippen molar-refractivity contribution in [1.29, 1.82) is 0 Å². The molecule has 7 heteroatoms. The summed E-state index contributed by atoms with van der Waals surface area (Å²) in [7, 11) is 0. The highest BCUT2D eigenvalue weighted by molar-refractivity contribution is 5.96. The fourth-order valence-electron chi connectivity index (χ4n) is 4.04. The Morgan fingerprint density at radius 1 is 1.00 bits per heavy atom. The molecule has 0 saturated carbocycles. The highest BCUT2D eigenvalue weighted by Gasteiger charge is 2.37. The van der Waals surface area contributed by atoms with Crippen LogP contribution in [0, 0.1) is 17.0 Å². The van der Waals surface area contributed by atoms with Crippen LogP contribution in [0.2, 0.25) is 0 Å². The summed E-state index contributed by atoms with van der Waals surface area (Å²) >= 11 is 0. The molecule has 1 fully saturated rings. The number of hydrogen-bond donors (Lipinski definition) is 0. The minimum atomic E-state index is -0.445. The molecule has 5 rings (SSSR count). The monoisotopic (exact) mass is 413 g/mol. The molecule has 0 N–H and O–H groups in total. The number of carbonyl (C=O) groups is 1. The molecule has 7 nitrogen and oxygen atoms in total. The van der Waals surface area contributed by atoms with E-state index in [1.807, 2.05) is 72.2 Å². The predicted molar refractivity (Wildman–Crippen MR) is 118 cm³/mol. The summed E-state index contributed by atoms with van der Waals surface area (Å²) in [5.41, 5.74) is 3.70. The standard InChI is InChI=1S/C24H19N3O4/c1-16-7-9-19(10-8-16)25-21-12-11-20(27(29)30)13-18(21)14-23(25)26-22(15-31-24(26)28)17-5-3-2-4-6-17/h2-14,22H,15H2,1H3/t22-/m1/s1. The van der Waals surface area contributed by atoms with Gasteiger partial charge in [-0.05, 0) is 36.8 Å². The number of benzene rings is 3. The number of nitro groups is 1. The molecule has 1 aliphatic heterocycles. The molecular formula is C24H19N3O4. The lowest BCUT2D eigenvalue weighted by atomic mass is 10.1. The van der Waals surface area contributed by atoms with Gasteiger partial charge in [-0.1, -0.05) is 48.0 Å². The number of anilines is 1. The molecule has 1 saturated heterocycles. The average molecular weight is 413 g/mol. The van der Waals surface area contributed by atoms with E-state index in [2.05, 4.69) is 0 Å². The fraction of sp³-hybridized carbons (Fsp3) is 0.125. The first-order valence-electron chi connectivity index (χ1n) is 9.91. The maximum Gasteiger partial charge on any atom is 0.416 e. The van der Waals surface area contributed by atoms with E-state index >= 15 is 0 Å². The second kappa shape index (κ2) is 7.28. The predicted octanol–water partition coefficient (Wildman–Crippen LogP) is 5.55. The topological polar surface area (TPSA) is 77.6 Å². The number of hydrogen-bond acceptors (Lipinski definition) is 4. The number of amides is 1. The molecule has 0 bridgehead atoms. The highest BCUT2D eigenvalue weighted by Crippen LogP contribution is 2.39. The molecule has 1 aliphatic rings. The van der Waals surface area contributed by atoms with Gasteiger partial charge in [0, 0.05) is 23.2 Å². The largest absolute Gasteiger partial charge is 0.447 e. The number of ether oxygens (including phenoxy) is 1. The zero-order valence-electron chi connectivity index (χ0n) is 16.8. The van der Waals surface area contributed by atoms with Gasteiger partial charge in [0.15, 0.2) is 0 Å². The fourth-order valence-corrected chi connectivity index (χ4v) is 4.04. The van der Waals surface area contributed by atoms with Crippen molar-refractivity contribution in [2.75, 3.05) is 11.5 Å². The maximum atomic E-state index is 12.8. The number of carbonyl (C=O) groups excluding carboxylic acids is 1. The lowest BCUT2D eigenvalue weighted by Crippen LogP contribution is -2.29. The number of rotatable bonds is 4. The van der Waals surface area contributed by atoms with Crippen molar-refractivity contribution in [2.24, 2.45) is 0 Å². The van der Waals surface area contributed by atoms with Crippen LogP contribution in [0.4, 0.5) is 16.3 Å². The van der Waals surface area contributed by atoms with Crippen molar-refractivity contribution in [3.63, 3.8) is 0 Å². The Kier molecular flexibility index (Phi) is 4.43. The first-order valence-corrected chi connectivity index (χ1v) is 9.91. The summed E-state index contributed by atoms with van der Waals surface area (Å²) in [6, 6.07) is 23.9. The van der Waals surface area contributed by atoms with Crippen molar-refractivity contribution in [2.45, 2.75) is 13.0 Å². The Morgan fingerprint density at radius 2 is 1.74 bits per heavy atom. The van der Waals surface area contributed by atoms with Crippen LogP contribution < -0.4 is 4.90 Å². The van der Waals surface area contributed by atoms with Gasteiger partial charge in [0.25, 0.3) is 5.69 Å². The van der Waals surface area contributed by atoms with E-state index in [4.69, 9.17) is 4.74 Å². The van der Waals surface area contributed by atoms with Crippen LogP contribution in [-0.4, -0.2) is 22.2 Å². The van der Waals surface area contributed by atoms with Crippen molar-refractivity contribution in [3.05, 3.63) is 100 Å². The van der Waals surface area contributed by atoms with Gasteiger partial charge in [-0.3, -0.25) is 19.6 Å². The zero-order valence-corrected chi connectivity index (χ0v) is 16.8. The summed E-state index contributed by atoms with van der Waals surface area (Å²) in [4.78, 5) is 25.3. The van der Waals surface area contributed by atoms with Crippen molar-refractivity contribution >= 4 is 28.5 Å². The second-order valence-electron chi connectivity index (χ2n) is 7.55. The molecule has 0 spiro atoms. The SMILES string of the molecule is Cc1ccc(-n2c(N3C(=O)OC[C@@H]3c3ccccc3)cc3cc([N+](=O)[O-])ccc32)cc1. The highest BCUT2D eigenvalue weighted by atomic mass is 16.6. The van der Waals surface area contributed by atoms with Gasteiger partial charge in [-0.25, -0.2) is 4.79 Å². The van der Waals surface area contributed by atoms with Gasteiger partial charge in [0.05, 0.1) is 10.4 Å². The third-order valence-electron chi connectivity index (χ3n) is 5.57. The Balaban J connectivity index is 1.74. The number of nitro benzene ring substituents is 1. The van der Waals surface area contributed by atoms with E-state index in [0.717, 1.165) is 22.3 Å². The zero-order chi connectivity index (χ0) is 21.5. The summed E-state index contributed by atoms with van der Waals surface area (Å²) < 4.78 is 7.37. The molecule has 0 aliphatic carbocycles. The van der Waals surface area contributed by atoms with Crippen LogP contribution in [0.25, 0.3) is 16.6 Å². The Labute approximate surface area is 178 Å². The summed E-state index contributed by atoms with van der Waals surface area (Å²) in [5.74, 6) is 0.607. The third kappa shape index (κ3) is 3.20. The molecular weight excluding hydrogens is 394 g/mol. The Hall–Kier alpha value is -4.13. The smallest absolute Gasteiger partial charge is 0.416 e. The number of non-ortho nitro benzene ring substituents is 1. The Bertz CT molecular complexity index is 1300. The van der Waals surface area contributed by atoms with Crippen LogP contribution in [-0.2, 0) is 4.74 Å². The molecule has 2 heterocycles. The summed E-state index contributed by atoms with van der Waals surface area (Å²) in [5, 5.41) is 12.0. The Morgan fingerprint density at radius 3 is 2.45 bits per heavy atom. The lowest BCUT2D eigenvalue weighted by molar-refractivity contribution is -0.384. The first kappa shape index (κ1) is 18.9. The molecule has 154 valence electrons. The van der Waals surface area contributed by atoms with Gasteiger partial charge in [0.2, 0.25) is 0 Å². The quantitative estimate of drug-likeness (QED) is 0.325. The number of cyclic esters (lactones) is 1. The van der Waals surface area contributed by atoms with Crippen molar-refractivity contribution in [1.82, 2.24) is 4.57 Å². The maximum absolute atomic E-state index is 12.8. The number of aryl methyl sites for hydroxylation is 1.